The van der Waals surface area contributed by atoms with Gasteiger partial charge in [0.25, 0.3) is 15.9 Å². The molecule has 33 heavy (non-hydrogen) atoms. The number of alkyl halides is 3. The first kappa shape index (κ1) is 24.6. The number of nitrogens with zero attached hydrogens (tertiary/aromatic N) is 2. The first-order chi connectivity index (χ1) is 15.5. The highest BCUT2D eigenvalue weighted by Crippen LogP contribution is 2.24. The Kier molecular flexibility index (Phi) is 7.31. The fourth-order valence-corrected chi connectivity index (χ4v) is 4.83. The molecule has 2 aromatic rings. The highest BCUT2D eigenvalue weighted by Gasteiger charge is 2.32. The molecule has 0 spiro atoms. The van der Waals surface area contributed by atoms with Gasteiger partial charge in [-0.05, 0) is 43.2 Å². The maximum Gasteiger partial charge on any atom is 0.405 e. The van der Waals surface area contributed by atoms with Crippen LogP contribution in [0.3, 0.4) is 0 Å². The largest absolute Gasteiger partial charge is 0.405 e. The highest BCUT2D eigenvalue weighted by atomic mass is 32.2. The second kappa shape index (κ2) is 9.82. The average Bonchev–Trinajstić information content (AvgIpc) is 2.81. The van der Waals surface area contributed by atoms with Crippen LogP contribution in [-0.4, -0.2) is 58.0 Å². The van der Waals surface area contributed by atoms with Crippen molar-refractivity contribution in [3.05, 3.63) is 60.2 Å². The summed E-state index contributed by atoms with van der Waals surface area (Å²) in [5.74, 6) is -1.69. The molecule has 0 aliphatic carbocycles. The van der Waals surface area contributed by atoms with Crippen molar-refractivity contribution in [2.75, 3.05) is 31.0 Å². The molecule has 7 nitrogen and oxygen atoms in total. The molecular weight excluding hydrogens is 459 g/mol. The molecular formula is C22H24F3N3O4S. The van der Waals surface area contributed by atoms with Crippen LogP contribution in [0, 0.1) is 5.92 Å². The van der Waals surface area contributed by atoms with Gasteiger partial charge < -0.3 is 10.2 Å². The molecule has 1 heterocycles. The van der Waals surface area contributed by atoms with Gasteiger partial charge in [-0.15, -0.1) is 0 Å². The maximum absolute atomic E-state index is 13.0. The van der Waals surface area contributed by atoms with Gasteiger partial charge in [0.05, 0.1) is 10.6 Å². The summed E-state index contributed by atoms with van der Waals surface area (Å²) in [6.07, 6.45) is -4.03. The molecule has 1 saturated heterocycles. The van der Waals surface area contributed by atoms with Crippen LogP contribution in [0.1, 0.15) is 23.2 Å². The molecule has 3 rings (SSSR count). The highest BCUT2D eigenvalue weighted by molar-refractivity contribution is 7.92. The number of rotatable bonds is 6. The number of benzene rings is 2. The first-order valence-corrected chi connectivity index (χ1v) is 11.7. The van der Waals surface area contributed by atoms with E-state index in [2.05, 4.69) is 0 Å². The molecule has 11 heteroatoms. The Bertz CT molecular complexity index is 1100. The molecule has 2 aromatic carbocycles. The van der Waals surface area contributed by atoms with E-state index in [4.69, 9.17) is 0 Å². The molecule has 0 unspecified atom stereocenters. The van der Waals surface area contributed by atoms with E-state index in [9.17, 15) is 31.2 Å². The smallest absolute Gasteiger partial charge is 0.347 e. The number of amides is 2. The molecule has 0 aromatic heterocycles. The molecule has 1 aliphatic rings. The van der Waals surface area contributed by atoms with Crippen molar-refractivity contribution in [2.45, 2.75) is 23.9 Å². The van der Waals surface area contributed by atoms with Crippen molar-refractivity contribution in [2.24, 2.45) is 5.92 Å². The minimum absolute atomic E-state index is 0.0406. The standard InChI is InChI=1S/C22H24F3N3O4S/c1-27(18-7-3-2-4-8-18)33(31,32)19-9-5-6-17(14-19)21(30)28-12-10-16(11-13-28)20(29)26-15-22(23,24)25/h2-9,14,16H,10-13,15H2,1H3,(H,26,29). The van der Waals surface area contributed by atoms with Crippen molar-refractivity contribution in [3.63, 3.8) is 0 Å². The van der Waals surface area contributed by atoms with E-state index < -0.39 is 40.5 Å². The van der Waals surface area contributed by atoms with Crippen LogP contribution in [-0.2, 0) is 14.8 Å². The first-order valence-electron chi connectivity index (χ1n) is 10.3. The third-order valence-electron chi connectivity index (χ3n) is 5.48. The van der Waals surface area contributed by atoms with Crippen LogP contribution in [0.2, 0.25) is 0 Å². The predicted octanol–water partition coefficient (Wildman–Crippen LogP) is 3.04. The van der Waals surface area contributed by atoms with Gasteiger partial charge in [0.15, 0.2) is 0 Å². The third kappa shape index (κ3) is 6.04. The van der Waals surface area contributed by atoms with Crippen LogP contribution < -0.4 is 9.62 Å². The maximum atomic E-state index is 13.0. The molecule has 0 atom stereocenters. The number of piperidine rings is 1. The van der Waals surface area contributed by atoms with E-state index in [0.29, 0.717) is 5.69 Å². The molecule has 178 valence electrons. The van der Waals surface area contributed by atoms with Crippen molar-refractivity contribution in [1.82, 2.24) is 10.2 Å². The van der Waals surface area contributed by atoms with Crippen LogP contribution in [0.4, 0.5) is 18.9 Å². The summed E-state index contributed by atoms with van der Waals surface area (Å²) in [5.41, 5.74) is 0.651. The topological polar surface area (TPSA) is 86.8 Å². The van der Waals surface area contributed by atoms with Crippen molar-refractivity contribution in [3.8, 4) is 0 Å². The number of anilines is 1. The fourth-order valence-electron chi connectivity index (χ4n) is 3.58. The quantitative estimate of drug-likeness (QED) is 0.684. The van der Waals surface area contributed by atoms with Gasteiger partial charge >= 0.3 is 6.18 Å². The van der Waals surface area contributed by atoms with Gasteiger partial charge in [-0.2, -0.15) is 13.2 Å². The van der Waals surface area contributed by atoms with E-state index >= 15 is 0 Å². The van der Waals surface area contributed by atoms with E-state index in [1.54, 1.807) is 30.3 Å². The van der Waals surface area contributed by atoms with Gasteiger partial charge in [-0.25, -0.2) is 8.42 Å². The van der Waals surface area contributed by atoms with E-state index in [1.807, 2.05) is 5.32 Å². The predicted molar refractivity (Wildman–Crippen MR) is 116 cm³/mol. The molecule has 1 fully saturated rings. The Morgan fingerprint density at radius 3 is 2.30 bits per heavy atom. The van der Waals surface area contributed by atoms with Gasteiger partial charge in [-0.3, -0.25) is 13.9 Å². The van der Waals surface area contributed by atoms with E-state index in [0.717, 1.165) is 4.31 Å². The molecule has 0 saturated carbocycles. The van der Waals surface area contributed by atoms with Crippen molar-refractivity contribution < 1.29 is 31.2 Å². The van der Waals surface area contributed by atoms with Crippen LogP contribution in [0.25, 0.3) is 0 Å². The zero-order valence-corrected chi connectivity index (χ0v) is 18.7. The Hall–Kier alpha value is -3.08. The zero-order chi connectivity index (χ0) is 24.2. The van der Waals surface area contributed by atoms with E-state index in [-0.39, 0.29) is 36.4 Å². The second-order valence-electron chi connectivity index (χ2n) is 7.74. The summed E-state index contributed by atoms with van der Waals surface area (Å²) in [7, 11) is -2.48. The normalized spacial score (nSPS) is 15.2. The van der Waals surface area contributed by atoms with Crippen molar-refractivity contribution >= 4 is 27.5 Å². The minimum Gasteiger partial charge on any atom is -0.347 e. The zero-order valence-electron chi connectivity index (χ0n) is 17.9. The fraction of sp³-hybridized carbons (Fsp3) is 0.364. The Labute approximate surface area is 190 Å². The number of nitrogens with one attached hydrogen (secondary N) is 1. The summed E-state index contributed by atoms with van der Waals surface area (Å²) in [6, 6.07) is 14.2. The van der Waals surface area contributed by atoms with Gasteiger partial charge in [0.2, 0.25) is 5.91 Å². The van der Waals surface area contributed by atoms with Crippen LogP contribution in [0.5, 0.6) is 0 Å². The summed E-state index contributed by atoms with van der Waals surface area (Å²) in [5, 5.41) is 1.88. The Morgan fingerprint density at radius 2 is 1.70 bits per heavy atom. The Balaban J connectivity index is 1.66. The molecule has 0 bridgehead atoms. The lowest BCUT2D eigenvalue weighted by Gasteiger charge is -2.31. The lowest BCUT2D eigenvalue weighted by molar-refractivity contribution is -0.141. The number of likely N-dealkylation sites (tertiary alicyclic amines) is 1. The van der Waals surface area contributed by atoms with Gasteiger partial charge in [0.1, 0.15) is 6.54 Å². The van der Waals surface area contributed by atoms with Gasteiger partial charge in [-0.1, -0.05) is 24.3 Å². The number of hydrogen-bond acceptors (Lipinski definition) is 4. The summed E-state index contributed by atoms with van der Waals surface area (Å²) in [4.78, 5) is 26.3. The lowest BCUT2D eigenvalue weighted by Crippen LogP contribution is -2.44. The third-order valence-corrected chi connectivity index (χ3v) is 7.26. The number of hydrogen-bond donors (Lipinski definition) is 1. The summed E-state index contributed by atoms with van der Waals surface area (Å²) >= 11 is 0. The van der Waals surface area contributed by atoms with Crippen LogP contribution >= 0.6 is 0 Å². The molecule has 2 amide bonds. The summed E-state index contributed by atoms with van der Waals surface area (Å²) in [6.45, 7) is -1.02. The number of para-hydroxylation sites is 1. The van der Waals surface area contributed by atoms with Crippen molar-refractivity contribution in [1.29, 1.82) is 0 Å². The average molecular weight is 484 g/mol. The number of halogens is 3. The SMILES string of the molecule is CN(c1ccccc1)S(=O)(=O)c1cccc(C(=O)N2CCC(C(=O)NCC(F)(F)F)CC2)c1. The molecule has 1 N–H and O–H groups in total. The monoisotopic (exact) mass is 483 g/mol. The number of carbonyl (C=O) groups excluding carboxylic acids is 2. The molecule has 0 radical (unpaired) electrons. The number of carbonyl (C=O) groups is 2. The molecule has 1 aliphatic heterocycles. The second-order valence-corrected chi connectivity index (χ2v) is 9.70. The lowest BCUT2D eigenvalue weighted by atomic mass is 9.95. The van der Waals surface area contributed by atoms with Crippen LogP contribution in [0.15, 0.2) is 59.5 Å². The Morgan fingerprint density at radius 1 is 1.06 bits per heavy atom. The van der Waals surface area contributed by atoms with Gasteiger partial charge in [0, 0.05) is 31.6 Å². The number of sulfonamides is 1. The summed E-state index contributed by atoms with van der Waals surface area (Å²) < 4.78 is 64.0. The minimum atomic E-state index is -4.48. The van der Waals surface area contributed by atoms with E-state index in [1.165, 1.54) is 36.2 Å².